The molecule has 0 aliphatic heterocycles. The monoisotopic (exact) mass is 237 g/mol. The van der Waals surface area contributed by atoms with Crippen LogP contribution in [0.5, 0.6) is 0 Å². The van der Waals surface area contributed by atoms with Crippen molar-refractivity contribution in [2.75, 3.05) is 6.67 Å². The summed E-state index contributed by atoms with van der Waals surface area (Å²) in [5.74, 6) is 0. The molecule has 0 spiro atoms. The highest BCUT2D eigenvalue weighted by molar-refractivity contribution is 9.10. The molecule has 0 fully saturated rings. The Morgan fingerprint density at radius 1 is 1.73 bits per heavy atom. The van der Waals surface area contributed by atoms with Gasteiger partial charge in [0.25, 0.3) is 0 Å². The molecule has 0 radical (unpaired) electrons. The minimum absolute atomic E-state index is 0.142. The predicted molar refractivity (Wildman–Crippen MR) is 49.5 cm³/mol. The first kappa shape index (κ1) is 9.16. The Morgan fingerprint density at radius 2 is 2.45 bits per heavy atom. The maximum absolute atomic E-state index is 11.8. The molecule has 0 aliphatic carbocycles. The van der Waals surface area contributed by atoms with E-state index in [9.17, 15) is 4.39 Å². The van der Waals surface area contributed by atoms with Crippen LogP contribution in [-0.4, -0.2) is 6.67 Å². The van der Waals surface area contributed by atoms with Gasteiger partial charge in [0.15, 0.2) is 0 Å². The maximum Gasteiger partial charge on any atom is 0.0912 e. The normalized spacial score (nSPS) is 13.4. The van der Waals surface area contributed by atoms with Crippen molar-refractivity contribution in [1.82, 2.24) is 0 Å². The second-order valence-corrected chi connectivity index (χ2v) is 4.11. The molecule has 4 heteroatoms. The highest BCUT2D eigenvalue weighted by atomic mass is 79.9. The lowest BCUT2D eigenvalue weighted by atomic mass is 10.2. The third-order valence-corrected chi connectivity index (χ3v) is 3.20. The van der Waals surface area contributed by atoms with Gasteiger partial charge in [-0.05, 0) is 28.4 Å². The number of hydrogen-bond acceptors (Lipinski definition) is 2. The van der Waals surface area contributed by atoms with Crippen molar-refractivity contribution in [2.24, 2.45) is 5.73 Å². The van der Waals surface area contributed by atoms with Gasteiger partial charge in [-0.15, -0.1) is 11.3 Å². The summed E-state index contributed by atoms with van der Waals surface area (Å²) >= 11 is 4.87. The molecule has 0 saturated carbocycles. The molecule has 0 unspecified atom stereocenters. The zero-order valence-corrected chi connectivity index (χ0v) is 8.29. The Labute approximate surface area is 77.5 Å². The van der Waals surface area contributed by atoms with Crippen LogP contribution in [0.1, 0.15) is 17.3 Å². The molecule has 0 aliphatic rings. The van der Waals surface area contributed by atoms with Crippen LogP contribution in [0, 0.1) is 0 Å². The molecular weight excluding hydrogens is 229 g/mol. The summed E-state index contributed by atoms with van der Waals surface area (Å²) in [7, 11) is 0. The van der Waals surface area contributed by atoms with E-state index in [1.807, 2.05) is 11.4 Å². The van der Waals surface area contributed by atoms with E-state index in [1.165, 1.54) is 0 Å². The zero-order valence-electron chi connectivity index (χ0n) is 5.89. The molecule has 1 heterocycles. The molecule has 62 valence electrons. The van der Waals surface area contributed by atoms with Gasteiger partial charge in [-0.1, -0.05) is 0 Å². The molecular formula is C7H9BrFNS. The average molecular weight is 238 g/mol. The lowest BCUT2D eigenvalue weighted by Crippen LogP contribution is -2.08. The number of thiophene rings is 1. The second-order valence-electron chi connectivity index (χ2n) is 2.25. The van der Waals surface area contributed by atoms with Crippen LogP contribution in [-0.2, 0) is 0 Å². The summed E-state index contributed by atoms with van der Waals surface area (Å²) in [6, 6.07) is 1.79. The molecule has 1 aromatic heterocycles. The molecule has 2 N–H and O–H groups in total. The SMILES string of the molecule is N[C@@H](CCF)c1cc(Br)cs1. The van der Waals surface area contributed by atoms with E-state index in [4.69, 9.17) is 5.73 Å². The van der Waals surface area contributed by atoms with Crippen LogP contribution in [0.15, 0.2) is 15.9 Å². The lowest BCUT2D eigenvalue weighted by molar-refractivity contribution is 0.444. The van der Waals surface area contributed by atoms with Crippen molar-refractivity contribution < 1.29 is 4.39 Å². The van der Waals surface area contributed by atoms with Gasteiger partial charge in [0, 0.05) is 20.8 Å². The van der Waals surface area contributed by atoms with Crippen LogP contribution in [0.3, 0.4) is 0 Å². The van der Waals surface area contributed by atoms with Gasteiger partial charge < -0.3 is 5.73 Å². The third kappa shape index (κ3) is 2.54. The number of alkyl halides is 1. The van der Waals surface area contributed by atoms with E-state index >= 15 is 0 Å². The quantitative estimate of drug-likeness (QED) is 0.860. The molecule has 11 heavy (non-hydrogen) atoms. The topological polar surface area (TPSA) is 26.0 Å². The van der Waals surface area contributed by atoms with Crippen molar-refractivity contribution in [2.45, 2.75) is 12.5 Å². The van der Waals surface area contributed by atoms with Crippen LogP contribution in [0.25, 0.3) is 0 Å². The van der Waals surface area contributed by atoms with Gasteiger partial charge in [-0.2, -0.15) is 0 Å². The fraction of sp³-hybridized carbons (Fsp3) is 0.429. The maximum atomic E-state index is 11.8. The van der Waals surface area contributed by atoms with Gasteiger partial charge in [0.1, 0.15) is 0 Å². The first-order valence-corrected chi connectivity index (χ1v) is 4.97. The minimum atomic E-state index is -0.351. The molecule has 0 amide bonds. The number of nitrogens with two attached hydrogens (primary N) is 1. The number of rotatable bonds is 3. The standard InChI is InChI=1S/C7H9BrFNS/c8-5-3-7(11-4-5)6(10)1-2-9/h3-4,6H,1-2,10H2/t6-/m0/s1. The largest absolute Gasteiger partial charge is 0.323 e. The Balaban J connectivity index is 2.60. The Kier molecular flexibility index (Phi) is 3.48. The summed E-state index contributed by atoms with van der Waals surface area (Å²) in [5, 5.41) is 1.95. The van der Waals surface area contributed by atoms with Crippen LogP contribution >= 0.6 is 27.3 Å². The van der Waals surface area contributed by atoms with Gasteiger partial charge >= 0.3 is 0 Å². The highest BCUT2D eigenvalue weighted by Crippen LogP contribution is 2.25. The van der Waals surface area contributed by atoms with E-state index < -0.39 is 0 Å². The van der Waals surface area contributed by atoms with Crippen LogP contribution < -0.4 is 5.73 Å². The van der Waals surface area contributed by atoms with Crippen molar-refractivity contribution in [3.05, 3.63) is 20.8 Å². The van der Waals surface area contributed by atoms with E-state index in [0.29, 0.717) is 6.42 Å². The first-order valence-electron chi connectivity index (χ1n) is 3.29. The summed E-state index contributed by atoms with van der Waals surface area (Å²) in [6.45, 7) is -0.351. The third-order valence-electron chi connectivity index (χ3n) is 1.37. The Hall–Kier alpha value is 0.0700. The highest BCUT2D eigenvalue weighted by Gasteiger charge is 2.07. The second kappa shape index (κ2) is 4.18. The van der Waals surface area contributed by atoms with Crippen molar-refractivity contribution in [3.63, 3.8) is 0 Å². The molecule has 0 bridgehead atoms. The van der Waals surface area contributed by atoms with Crippen LogP contribution in [0.2, 0.25) is 0 Å². The predicted octanol–water partition coefficient (Wildman–Crippen LogP) is 2.87. The fourth-order valence-electron chi connectivity index (χ4n) is 0.783. The average Bonchev–Trinajstić information content (AvgIpc) is 2.36. The summed E-state index contributed by atoms with van der Waals surface area (Å²) < 4.78 is 12.9. The van der Waals surface area contributed by atoms with Gasteiger partial charge in [0.2, 0.25) is 0 Å². The molecule has 1 rings (SSSR count). The van der Waals surface area contributed by atoms with E-state index in [1.54, 1.807) is 11.3 Å². The molecule has 1 aromatic rings. The van der Waals surface area contributed by atoms with Crippen molar-refractivity contribution in [1.29, 1.82) is 0 Å². The molecule has 0 aromatic carbocycles. The smallest absolute Gasteiger partial charge is 0.0912 e. The summed E-state index contributed by atoms with van der Waals surface area (Å²) in [6.07, 6.45) is 0.410. The van der Waals surface area contributed by atoms with Crippen LogP contribution in [0.4, 0.5) is 4.39 Å². The molecule has 1 nitrogen and oxygen atoms in total. The van der Waals surface area contributed by atoms with Gasteiger partial charge in [0.05, 0.1) is 6.67 Å². The molecule has 0 saturated heterocycles. The van der Waals surface area contributed by atoms with E-state index in [0.717, 1.165) is 9.35 Å². The van der Waals surface area contributed by atoms with Gasteiger partial charge in [-0.25, -0.2) is 0 Å². The number of hydrogen-bond donors (Lipinski definition) is 1. The van der Waals surface area contributed by atoms with E-state index in [-0.39, 0.29) is 12.7 Å². The first-order chi connectivity index (χ1) is 5.24. The van der Waals surface area contributed by atoms with Crippen molar-refractivity contribution in [3.8, 4) is 0 Å². The Bertz CT molecular complexity index is 226. The number of halogens is 2. The summed E-state index contributed by atoms with van der Waals surface area (Å²) in [4.78, 5) is 1.04. The fourth-order valence-corrected chi connectivity index (χ4v) is 2.27. The lowest BCUT2D eigenvalue weighted by Gasteiger charge is -2.04. The molecule has 1 atom stereocenters. The van der Waals surface area contributed by atoms with Gasteiger partial charge in [-0.3, -0.25) is 4.39 Å². The van der Waals surface area contributed by atoms with E-state index in [2.05, 4.69) is 15.9 Å². The zero-order chi connectivity index (χ0) is 8.27. The Morgan fingerprint density at radius 3 is 2.91 bits per heavy atom. The summed E-state index contributed by atoms with van der Waals surface area (Å²) in [5.41, 5.74) is 5.67. The minimum Gasteiger partial charge on any atom is -0.323 e. The van der Waals surface area contributed by atoms with Crippen molar-refractivity contribution >= 4 is 27.3 Å².